The SMILES string of the molecule is Cc1ncc(NC(=O)c2cccc(C(F)(F)F)c2)cc1-c1cc(N2CCOCC2)nc(N2CC(O)C2)c1. The third-order valence-electron chi connectivity index (χ3n) is 6.43. The number of hydrogen-bond acceptors (Lipinski definition) is 7. The van der Waals surface area contributed by atoms with Crippen LogP contribution in [0, 0.1) is 6.92 Å². The van der Waals surface area contributed by atoms with E-state index in [0.717, 1.165) is 34.9 Å². The van der Waals surface area contributed by atoms with Crippen LogP contribution in [0.25, 0.3) is 11.1 Å². The standard InChI is InChI=1S/C26H26F3N5O3/c1-16-22(12-20(13-30-16)31-25(36)17-3-2-4-19(9-17)26(27,28)29)18-10-23(33-5-7-37-8-6-33)32-24(11-18)34-14-21(35)15-34/h2-4,9-13,21,35H,5-8,14-15H2,1H3,(H,31,36). The van der Waals surface area contributed by atoms with Crippen molar-refractivity contribution in [2.24, 2.45) is 0 Å². The molecule has 11 heteroatoms. The van der Waals surface area contributed by atoms with Gasteiger partial charge in [-0.15, -0.1) is 0 Å². The number of ether oxygens (including phenoxy) is 1. The minimum atomic E-state index is -4.54. The smallest absolute Gasteiger partial charge is 0.389 e. The van der Waals surface area contributed by atoms with Crippen LogP contribution in [0.15, 0.2) is 48.7 Å². The molecule has 5 rings (SSSR count). The van der Waals surface area contributed by atoms with Gasteiger partial charge in [0.2, 0.25) is 0 Å². The molecule has 194 valence electrons. The Morgan fingerprint density at radius 3 is 2.46 bits per heavy atom. The van der Waals surface area contributed by atoms with Gasteiger partial charge in [-0.2, -0.15) is 13.2 Å². The zero-order chi connectivity index (χ0) is 26.2. The van der Waals surface area contributed by atoms with Crippen LogP contribution in [0.2, 0.25) is 0 Å². The first-order valence-electron chi connectivity index (χ1n) is 11.9. The zero-order valence-electron chi connectivity index (χ0n) is 20.1. The van der Waals surface area contributed by atoms with Gasteiger partial charge in [-0.1, -0.05) is 6.07 Å². The average molecular weight is 514 g/mol. The highest BCUT2D eigenvalue weighted by atomic mass is 19.4. The maximum atomic E-state index is 13.1. The molecule has 1 amide bonds. The highest BCUT2D eigenvalue weighted by Crippen LogP contribution is 2.33. The second kappa shape index (κ2) is 9.98. The normalized spacial score (nSPS) is 16.5. The number of anilines is 3. The number of aliphatic hydroxyl groups excluding tert-OH is 1. The van der Waals surface area contributed by atoms with E-state index < -0.39 is 23.8 Å². The predicted molar refractivity (Wildman–Crippen MR) is 133 cm³/mol. The Bertz CT molecular complexity index is 1300. The van der Waals surface area contributed by atoms with Crippen molar-refractivity contribution in [3.63, 3.8) is 0 Å². The molecule has 2 fully saturated rings. The summed E-state index contributed by atoms with van der Waals surface area (Å²) in [7, 11) is 0. The van der Waals surface area contributed by atoms with Crippen molar-refractivity contribution in [1.29, 1.82) is 0 Å². The Morgan fingerprint density at radius 1 is 1.08 bits per heavy atom. The molecule has 0 saturated carbocycles. The molecule has 3 aromatic rings. The number of amides is 1. The molecule has 2 N–H and O–H groups in total. The fraction of sp³-hybridized carbons (Fsp3) is 0.346. The first kappa shape index (κ1) is 25.0. The van der Waals surface area contributed by atoms with Crippen molar-refractivity contribution in [1.82, 2.24) is 9.97 Å². The number of carbonyl (C=O) groups excluding carboxylic acids is 1. The molecule has 8 nitrogen and oxygen atoms in total. The molecule has 2 aromatic heterocycles. The molecular weight excluding hydrogens is 487 g/mol. The van der Waals surface area contributed by atoms with Crippen LogP contribution in [-0.4, -0.2) is 66.5 Å². The Labute approximate surface area is 211 Å². The first-order chi connectivity index (χ1) is 17.7. The van der Waals surface area contributed by atoms with Gasteiger partial charge in [0, 0.05) is 43.0 Å². The van der Waals surface area contributed by atoms with Crippen molar-refractivity contribution in [3.8, 4) is 11.1 Å². The summed E-state index contributed by atoms with van der Waals surface area (Å²) in [5.74, 6) is 0.832. The minimum absolute atomic E-state index is 0.103. The molecule has 0 unspecified atom stereocenters. The van der Waals surface area contributed by atoms with Gasteiger partial charge in [-0.25, -0.2) is 4.98 Å². The summed E-state index contributed by atoms with van der Waals surface area (Å²) in [5, 5.41) is 12.5. The lowest BCUT2D eigenvalue weighted by atomic mass is 10.0. The number of aromatic nitrogens is 2. The van der Waals surface area contributed by atoms with Crippen LogP contribution < -0.4 is 15.1 Å². The lowest BCUT2D eigenvalue weighted by Crippen LogP contribution is -2.51. The summed E-state index contributed by atoms with van der Waals surface area (Å²) in [6.07, 6.45) is -3.46. The quantitative estimate of drug-likeness (QED) is 0.537. The van der Waals surface area contributed by atoms with E-state index >= 15 is 0 Å². The maximum absolute atomic E-state index is 13.1. The molecule has 0 aliphatic carbocycles. The second-order valence-corrected chi connectivity index (χ2v) is 9.12. The molecule has 2 saturated heterocycles. The van der Waals surface area contributed by atoms with Crippen LogP contribution in [0.4, 0.5) is 30.5 Å². The van der Waals surface area contributed by atoms with Gasteiger partial charge in [-0.05, 0) is 48.9 Å². The number of halogens is 3. The summed E-state index contributed by atoms with van der Waals surface area (Å²) in [6.45, 7) is 5.41. The molecule has 0 radical (unpaired) electrons. The number of hydrogen-bond donors (Lipinski definition) is 2. The van der Waals surface area contributed by atoms with Gasteiger partial charge in [-0.3, -0.25) is 9.78 Å². The molecule has 4 heterocycles. The largest absolute Gasteiger partial charge is 0.416 e. The Morgan fingerprint density at radius 2 is 1.78 bits per heavy atom. The lowest BCUT2D eigenvalue weighted by Gasteiger charge is -2.38. The minimum Gasteiger partial charge on any atom is -0.389 e. The van der Waals surface area contributed by atoms with Crippen molar-refractivity contribution in [2.45, 2.75) is 19.2 Å². The molecule has 0 atom stereocenters. The van der Waals surface area contributed by atoms with E-state index in [2.05, 4.69) is 15.2 Å². The van der Waals surface area contributed by atoms with E-state index in [1.165, 1.54) is 18.3 Å². The fourth-order valence-corrected chi connectivity index (χ4v) is 4.35. The second-order valence-electron chi connectivity index (χ2n) is 9.12. The van der Waals surface area contributed by atoms with Crippen molar-refractivity contribution in [2.75, 3.05) is 54.5 Å². The summed E-state index contributed by atoms with van der Waals surface area (Å²) < 4.78 is 44.7. The number of aryl methyl sites for hydroxylation is 1. The number of β-amino-alcohol motifs (C(OH)–C–C–N with tert-alkyl or cyclic N) is 1. The fourth-order valence-electron chi connectivity index (χ4n) is 4.35. The van der Waals surface area contributed by atoms with Crippen molar-refractivity contribution < 1.29 is 27.8 Å². The van der Waals surface area contributed by atoms with Gasteiger partial charge in [0.15, 0.2) is 0 Å². The average Bonchev–Trinajstić information content (AvgIpc) is 2.87. The molecule has 0 bridgehead atoms. The number of morpholine rings is 1. The maximum Gasteiger partial charge on any atom is 0.416 e. The number of carbonyl (C=O) groups is 1. The van der Waals surface area contributed by atoms with Gasteiger partial charge >= 0.3 is 6.18 Å². The van der Waals surface area contributed by atoms with E-state index in [0.29, 0.717) is 50.8 Å². The van der Waals surface area contributed by atoms with Crippen LogP contribution in [0.5, 0.6) is 0 Å². The molecule has 2 aliphatic heterocycles. The first-order valence-corrected chi connectivity index (χ1v) is 11.9. The number of rotatable bonds is 5. The number of nitrogens with one attached hydrogen (secondary N) is 1. The van der Waals surface area contributed by atoms with E-state index in [-0.39, 0.29) is 5.56 Å². The Balaban J connectivity index is 1.46. The van der Waals surface area contributed by atoms with Gasteiger partial charge < -0.3 is 25.0 Å². The lowest BCUT2D eigenvalue weighted by molar-refractivity contribution is -0.137. The molecule has 0 spiro atoms. The summed E-state index contributed by atoms with van der Waals surface area (Å²) in [6, 6.07) is 9.90. The summed E-state index contributed by atoms with van der Waals surface area (Å²) in [4.78, 5) is 26.1. The third kappa shape index (κ3) is 5.52. The third-order valence-corrected chi connectivity index (χ3v) is 6.43. The number of alkyl halides is 3. The van der Waals surface area contributed by atoms with Gasteiger partial charge in [0.1, 0.15) is 11.6 Å². The number of benzene rings is 1. The van der Waals surface area contributed by atoms with Gasteiger partial charge in [0.05, 0.1) is 36.8 Å². The molecular formula is C26H26F3N5O3. The number of pyridine rings is 2. The van der Waals surface area contributed by atoms with E-state index in [4.69, 9.17) is 9.72 Å². The highest BCUT2D eigenvalue weighted by Gasteiger charge is 2.31. The highest BCUT2D eigenvalue weighted by molar-refractivity contribution is 6.04. The van der Waals surface area contributed by atoms with Gasteiger partial charge in [0.25, 0.3) is 5.91 Å². The Hall–Kier alpha value is -3.70. The van der Waals surface area contributed by atoms with Crippen molar-refractivity contribution >= 4 is 23.2 Å². The molecule has 37 heavy (non-hydrogen) atoms. The van der Waals surface area contributed by atoms with Crippen molar-refractivity contribution in [3.05, 3.63) is 65.5 Å². The zero-order valence-corrected chi connectivity index (χ0v) is 20.1. The summed E-state index contributed by atoms with van der Waals surface area (Å²) >= 11 is 0. The number of aliphatic hydroxyl groups is 1. The monoisotopic (exact) mass is 513 g/mol. The predicted octanol–water partition coefficient (Wildman–Crippen LogP) is 3.74. The summed E-state index contributed by atoms with van der Waals surface area (Å²) in [5.41, 5.74) is 1.65. The molecule has 2 aliphatic rings. The van der Waals surface area contributed by atoms with E-state index in [9.17, 15) is 23.1 Å². The van der Waals surface area contributed by atoms with Crippen LogP contribution in [0.1, 0.15) is 21.6 Å². The van der Waals surface area contributed by atoms with E-state index in [1.807, 2.05) is 24.0 Å². The van der Waals surface area contributed by atoms with Crippen LogP contribution in [0.3, 0.4) is 0 Å². The van der Waals surface area contributed by atoms with Crippen LogP contribution >= 0.6 is 0 Å². The van der Waals surface area contributed by atoms with Crippen LogP contribution in [-0.2, 0) is 10.9 Å². The molecule has 1 aromatic carbocycles. The van der Waals surface area contributed by atoms with E-state index in [1.54, 1.807) is 6.07 Å². The Kier molecular flexibility index (Phi) is 6.74. The topological polar surface area (TPSA) is 90.8 Å². The number of nitrogens with zero attached hydrogens (tertiary/aromatic N) is 4.